The normalized spacial score (nSPS) is 21.7. The van der Waals surface area contributed by atoms with Gasteiger partial charge in [-0.3, -0.25) is 0 Å². The van der Waals surface area contributed by atoms with Gasteiger partial charge in [-0.15, -0.1) is 18.9 Å². The van der Waals surface area contributed by atoms with Crippen molar-refractivity contribution in [2.75, 3.05) is 0 Å². The van der Waals surface area contributed by atoms with E-state index in [4.69, 9.17) is 6.42 Å². The molecule has 1 aromatic carbocycles. The fraction of sp³-hybridized carbons (Fsp3) is 0.590. The Morgan fingerprint density at radius 1 is 1.05 bits per heavy atom. The van der Waals surface area contributed by atoms with Crippen molar-refractivity contribution in [3.8, 4) is 12.3 Å². The summed E-state index contributed by atoms with van der Waals surface area (Å²) in [5, 5.41) is 0. The van der Waals surface area contributed by atoms with Crippen LogP contribution in [-0.2, 0) is 6.42 Å². The molecule has 3 rings (SSSR count). The fourth-order valence-electron chi connectivity index (χ4n) is 4.79. The van der Waals surface area contributed by atoms with Crippen molar-refractivity contribution >= 4 is 5.57 Å². The van der Waals surface area contributed by atoms with Crippen LogP contribution < -0.4 is 0 Å². The molecular weight excluding hydrogens is 468 g/mol. The van der Waals surface area contributed by atoms with Gasteiger partial charge < -0.3 is 0 Å². The summed E-state index contributed by atoms with van der Waals surface area (Å²) >= 11 is 0. The van der Waals surface area contributed by atoms with Gasteiger partial charge in [0.15, 0.2) is 0 Å². The maximum Gasteiger partial charge on any atom is 0.0286 e. The molecule has 0 aliphatic heterocycles. The number of terminal acetylenes is 1. The Balaban J connectivity index is 0. The lowest BCUT2D eigenvalue weighted by Crippen LogP contribution is -2.14. The molecule has 0 N–H and O–H groups in total. The lowest BCUT2D eigenvalue weighted by Gasteiger charge is -2.23. The third-order valence-electron chi connectivity index (χ3n) is 7.10. The average Bonchev–Trinajstić information content (AvgIpc) is 3.72. The van der Waals surface area contributed by atoms with E-state index >= 15 is 0 Å². The number of allylic oxidation sites excluding steroid dienone is 5. The summed E-state index contributed by atoms with van der Waals surface area (Å²) in [6, 6.07) is 6.60. The van der Waals surface area contributed by atoms with Gasteiger partial charge in [-0.05, 0) is 121 Å². The Labute approximate surface area is 246 Å². The lowest BCUT2D eigenvalue weighted by atomic mass is 9.81. The van der Waals surface area contributed by atoms with E-state index in [9.17, 15) is 0 Å². The largest absolute Gasteiger partial charge is 0.120 e. The second-order valence-corrected chi connectivity index (χ2v) is 12.2. The first-order chi connectivity index (χ1) is 18.3. The first-order valence-electron chi connectivity index (χ1n) is 15.4. The van der Waals surface area contributed by atoms with Crippen molar-refractivity contribution in [2.24, 2.45) is 23.2 Å². The van der Waals surface area contributed by atoms with Crippen LogP contribution in [0.5, 0.6) is 0 Å². The predicted octanol–water partition coefficient (Wildman–Crippen LogP) is 12.6. The van der Waals surface area contributed by atoms with E-state index in [0.29, 0.717) is 0 Å². The molecular formula is C39H64. The van der Waals surface area contributed by atoms with Gasteiger partial charge in [0.25, 0.3) is 0 Å². The highest BCUT2D eigenvalue weighted by Gasteiger charge is 2.28. The van der Waals surface area contributed by atoms with Gasteiger partial charge in [-0.2, -0.15) is 0 Å². The Kier molecular flexibility index (Phi) is 21.5. The Bertz CT molecular complexity index is 910. The summed E-state index contributed by atoms with van der Waals surface area (Å²) in [6.45, 7) is 34.6. The highest BCUT2D eigenvalue weighted by atomic mass is 14.3. The molecule has 0 aromatic heterocycles. The van der Waals surface area contributed by atoms with Crippen molar-refractivity contribution in [1.82, 2.24) is 0 Å². The topological polar surface area (TPSA) is 0 Å². The smallest absolute Gasteiger partial charge is 0.0286 e. The highest BCUT2D eigenvalue weighted by molar-refractivity contribution is 5.62. The van der Waals surface area contributed by atoms with Crippen LogP contribution >= 0.6 is 0 Å². The van der Waals surface area contributed by atoms with Gasteiger partial charge in [-0.1, -0.05) is 101 Å². The molecule has 220 valence electrons. The molecule has 2 fully saturated rings. The van der Waals surface area contributed by atoms with Crippen LogP contribution in [0.15, 0.2) is 61.2 Å². The van der Waals surface area contributed by atoms with Gasteiger partial charge >= 0.3 is 0 Å². The summed E-state index contributed by atoms with van der Waals surface area (Å²) in [5.74, 6) is 5.56. The van der Waals surface area contributed by atoms with Crippen molar-refractivity contribution in [2.45, 2.75) is 128 Å². The SMILES string of the molecule is C#CC1(C)CCC(C)C[C@H](C)C1.C=C(C)C.C=C(C)c1ccc(C)c(CCC)c1.C=C/C=C(\C)C1CC1.CC. The van der Waals surface area contributed by atoms with Gasteiger partial charge in [0.05, 0.1) is 0 Å². The number of aryl methyl sites for hydroxylation is 2. The third kappa shape index (κ3) is 19.4. The lowest BCUT2D eigenvalue weighted by molar-refractivity contribution is 0.336. The molecule has 3 atom stereocenters. The minimum atomic E-state index is 0.185. The molecule has 2 saturated carbocycles. The Hall–Kier alpha value is -2.26. The monoisotopic (exact) mass is 533 g/mol. The van der Waals surface area contributed by atoms with Crippen LogP contribution in [0.3, 0.4) is 0 Å². The first kappa shape index (κ1) is 38.9. The van der Waals surface area contributed by atoms with E-state index in [-0.39, 0.29) is 5.41 Å². The van der Waals surface area contributed by atoms with Crippen LogP contribution in [-0.4, -0.2) is 0 Å². The minimum Gasteiger partial charge on any atom is -0.120 e. The van der Waals surface area contributed by atoms with Gasteiger partial charge in [0, 0.05) is 5.41 Å². The van der Waals surface area contributed by atoms with Crippen molar-refractivity contribution in [3.63, 3.8) is 0 Å². The summed E-state index contributed by atoms with van der Waals surface area (Å²) in [6.07, 6.45) is 19.8. The Morgan fingerprint density at radius 2 is 1.62 bits per heavy atom. The second kappa shape index (κ2) is 21.5. The summed E-state index contributed by atoms with van der Waals surface area (Å²) in [7, 11) is 0. The highest BCUT2D eigenvalue weighted by Crippen LogP contribution is 2.38. The van der Waals surface area contributed by atoms with Crippen LogP contribution in [0.25, 0.3) is 5.57 Å². The molecule has 2 unspecified atom stereocenters. The average molecular weight is 533 g/mol. The molecule has 0 bridgehead atoms. The van der Waals surface area contributed by atoms with Crippen LogP contribution in [0.1, 0.15) is 131 Å². The summed E-state index contributed by atoms with van der Waals surface area (Å²) in [4.78, 5) is 0. The number of rotatable bonds is 5. The Morgan fingerprint density at radius 3 is 2.05 bits per heavy atom. The summed E-state index contributed by atoms with van der Waals surface area (Å²) < 4.78 is 0. The third-order valence-corrected chi connectivity index (χ3v) is 7.10. The van der Waals surface area contributed by atoms with E-state index in [2.05, 4.69) is 98.4 Å². The van der Waals surface area contributed by atoms with Gasteiger partial charge in [-0.25, -0.2) is 0 Å². The molecule has 39 heavy (non-hydrogen) atoms. The molecule has 0 amide bonds. The number of benzene rings is 1. The van der Waals surface area contributed by atoms with Crippen LogP contribution in [0.2, 0.25) is 0 Å². The van der Waals surface area contributed by atoms with Gasteiger partial charge in [0.1, 0.15) is 0 Å². The van der Waals surface area contributed by atoms with Gasteiger partial charge in [0.2, 0.25) is 0 Å². The standard InChI is InChI=1S/C13H18.C12H20.C8H12.C4H8.C2H6/c1-5-6-13-9-12(10(2)3)8-7-11(13)4;1-5-12(4)7-6-10(2)8-11(3)9-12;1-3-4-7(2)8-5-6-8;1-4(2)3;1-2/h7-9H,2,5-6H2,1,3-4H3;1,10-11H,6-9H2,2-4H3;3-4,8H,1,5-6H2,2H3;1H2,2-3H3;1-2H3/b;;7-4+;;/t;10?,11-,12?;;;/m.0.../s1. The minimum absolute atomic E-state index is 0.185. The molecule has 0 nitrogen and oxygen atoms in total. The zero-order valence-corrected chi connectivity index (χ0v) is 28.0. The molecule has 0 radical (unpaired) electrons. The van der Waals surface area contributed by atoms with Crippen molar-refractivity contribution in [3.05, 3.63) is 77.9 Å². The van der Waals surface area contributed by atoms with Crippen molar-refractivity contribution in [1.29, 1.82) is 0 Å². The van der Waals surface area contributed by atoms with E-state index < -0.39 is 0 Å². The van der Waals surface area contributed by atoms with Crippen LogP contribution in [0, 0.1) is 42.4 Å². The maximum absolute atomic E-state index is 5.56. The van der Waals surface area contributed by atoms with E-state index in [0.717, 1.165) is 23.3 Å². The molecule has 2 aliphatic carbocycles. The fourth-order valence-corrected chi connectivity index (χ4v) is 4.79. The second-order valence-electron chi connectivity index (χ2n) is 12.2. The maximum atomic E-state index is 5.56. The molecule has 0 spiro atoms. The van der Waals surface area contributed by atoms with E-state index in [1.165, 1.54) is 79.2 Å². The molecule has 0 saturated heterocycles. The van der Waals surface area contributed by atoms with E-state index in [1.807, 2.05) is 33.8 Å². The molecule has 1 aromatic rings. The molecule has 0 heterocycles. The van der Waals surface area contributed by atoms with E-state index in [1.54, 1.807) is 0 Å². The zero-order chi connectivity index (χ0) is 30.6. The van der Waals surface area contributed by atoms with Crippen LogP contribution in [0.4, 0.5) is 0 Å². The quantitative estimate of drug-likeness (QED) is 0.153. The predicted molar refractivity (Wildman–Crippen MR) is 182 cm³/mol. The number of hydrogen-bond acceptors (Lipinski definition) is 0. The number of hydrogen-bond donors (Lipinski definition) is 0. The zero-order valence-electron chi connectivity index (χ0n) is 28.0. The first-order valence-corrected chi connectivity index (χ1v) is 15.4. The molecule has 0 heteroatoms. The summed E-state index contributed by atoms with van der Waals surface area (Å²) in [5.41, 5.74) is 8.13. The molecule has 2 aliphatic rings. The van der Waals surface area contributed by atoms with Crippen molar-refractivity contribution < 1.29 is 0 Å².